The molecule has 1 aromatic carbocycles. The lowest BCUT2D eigenvalue weighted by Crippen LogP contribution is -2.46. The molecule has 2 rings (SSSR count). The van der Waals surface area contributed by atoms with Crippen LogP contribution in [0.15, 0.2) is 30.3 Å². The van der Waals surface area contributed by atoms with Gasteiger partial charge in [0, 0.05) is 32.8 Å². The van der Waals surface area contributed by atoms with Crippen LogP contribution in [0.25, 0.3) is 0 Å². The molecule has 1 aliphatic heterocycles. The zero-order valence-electron chi connectivity index (χ0n) is 14.3. The molecule has 1 amide bonds. The van der Waals surface area contributed by atoms with E-state index in [4.69, 9.17) is 4.74 Å². The van der Waals surface area contributed by atoms with Crippen molar-refractivity contribution in [2.45, 2.75) is 39.3 Å². The highest BCUT2D eigenvalue weighted by Gasteiger charge is 2.37. The van der Waals surface area contributed by atoms with E-state index in [2.05, 4.69) is 22.3 Å². The van der Waals surface area contributed by atoms with Crippen LogP contribution < -0.4 is 5.32 Å². The van der Waals surface area contributed by atoms with Gasteiger partial charge in [-0.15, -0.1) is 0 Å². The average Bonchev–Trinajstić information content (AvgIpc) is 2.78. The van der Waals surface area contributed by atoms with Gasteiger partial charge >= 0.3 is 0 Å². The maximum absolute atomic E-state index is 12.9. The lowest BCUT2D eigenvalue weighted by molar-refractivity contribution is -0.138. The molecule has 0 bridgehead atoms. The van der Waals surface area contributed by atoms with Crippen molar-refractivity contribution < 1.29 is 18.3 Å². The Kier molecular flexibility index (Phi) is 6.69. The summed E-state index contributed by atoms with van der Waals surface area (Å²) in [6.45, 7) is 5.78. The molecule has 0 aliphatic carbocycles. The minimum absolute atomic E-state index is 0.186. The molecule has 1 fully saturated rings. The molecule has 0 radical (unpaired) electrons. The third kappa shape index (κ3) is 5.24. The van der Waals surface area contributed by atoms with Crippen LogP contribution >= 0.6 is 0 Å². The van der Waals surface area contributed by atoms with E-state index in [1.807, 2.05) is 18.2 Å². The van der Waals surface area contributed by atoms with E-state index in [1.54, 1.807) is 0 Å². The number of carbonyl (C=O) groups is 1. The predicted molar refractivity (Wildman–Crippen MR) is 88.9 cm³/mol. The summed E-state index contributed by atoms with van der Waals surface area (Å²) < 4.78 is 31.5. The monoisotopic (exact) mass is 340 g/mol. The van der Waals surface area contributed by atoms with Gasteiger partial charge < -0.3 is 10.1 Å². The van der Waals surface area contributed by atoms with E-state index in [1.165, 1.54) is 19.4 Å². The van der Waals surface area contributed by atoms with Crippen molar-refractivity contribution in [3.63, 3.8) is 0 Å². The summed E-state index contributed by atoms with van der Waals surface area (Å²) in [5.41, 5.74) is -0.463. The molecule has 24 heavy (non-hydrogen) atoms. The van der Waals surface area contributed by atoms with E-state index in [0.29, 0.717) is 13.2 Å². The van der Waals surface area contributed by atoms with Gasteiger partial charge in [-0.25, -0.2) is 8.78 Å². The summed E-state index contributed by atoms with van der Waals surface area (Å²) in [7, 11) is 0. The Hall–Kier alpha value is -1.53. The number of nitrogens with zero attached hydrogens (tertiary/aromatic N) is 1. The number of carbonyl (C=O) groups excluding carboxylic acids is 1. The van der Waals surface area contributed by atoms with Crippen LogP contribution in [-0.4, -0.2) is 49.6 Å². The summed E-state index contributed by atoms with van der Waals surface area (Å²) in [6, 6.07) is 10.2. The number of benzene rings is 1. The topological polar surface area (TPSA) is 41.6 Å². The molecule has 0 spiro atoms. The lowest BCUT2D eigenvalue weighted by atomic mass is 9.93. The molecule has 0 saturated carbocycles. The van der Waals surface area contributed by atoms with Crippen molar-refractivity contribution in [1.82, 2.24) is 10.2 Å². The van der Waals surface area contributed by atoms with Crippen molar-refractivity contribution in [1.29, 1.82) is 0 Å². The van der Waals surface area contributed by atoms with Gasteiger partial charge in [-0.1, -0.05) is 30.3 Å². The summed E-state index contributed by atoms with van der Waals surface area (Å²) in [5.74, 6) is -0.639. The number of alkyl halides is 2. The Bertz CT molecular complexity index is 523. The van der Waals surface area contributed by atoms with E-state index >= 15 is 0 Å². The third-order valence-electron chi connectivity index (χ3n) is 4.30. The van der Waals surface area contributed by atoms with E-state index < -0.39 is 17.7 Å². The number of hydrogen-bond donors (Lipinski definition) is 1. The van der Waals surface area contributed by atoms with Crippen LogP contribution in [0.5, 0.6) is 0 Å². The largest absolute Gasteiger partial charge is 0.375 e. The molecule has 1 aliphatic rings. The highest BCUT2D eigenvalue weighted by atomic mass is 19.3. The highest BCUT2D eigenvalue weighted by molar-refractivity contribution is 5.82. The number of ether oxygens (including phenoxy) is 1. The average molecular weight is 340 g/mol. The van der Waals surface area contributed by atoms with Crippen molar-refractivity contribution in [3.05, 3.63) is 35.9 Å². The fourth-order valence-corrected chi connectivity index (χ4v) is 2.61. The molecular weight excluding hydrogens is 314 g/mol. The van der Waals surface area contributed by atoms with Gasteiger partial charge in [-0.05, 0) is 25.8 Å². The first-order chi connectivity index (χ1) is 11.4. The van der Waals surface area contributed by atoms with Crippen molar-refractivity contribution >= 4 is 5.91 Å². The molecular formula is C18H26F2N2O2. The second-order valence-electron chi connectivity index (χ2n) is 6.80. The van der Waals surface area contributed by atoms with Crippen LogP contribution in [0.2, 0.25) is 0 Å². The van der Waals surface area contributed by atoms with Crippen LogP contribution in [-0.2, 0) is 16.1 Å². The fraction of sp³-hybridized carbons (Fsp3) is 0.611. The molecule has 1 heterocycles. The molecule has 1 saturated heterocycles. The maximum atomic E-state index is 12.9. The summed E-state index contributed by atoms with van der Waals surface area (Å²) in [4.78, 5) is 14.2. The fourth-order valence-electron chi connectivity index (χ4n) is 2.61. The van der Waals surface area contributed by atoms with Crippen LogP contribution in [0, 0.1) is 5.41 Å². The van der Waals surface area contributed by atoms with Crippen LogP contribution in [0.3, 0.4) is 0 Å². The minimum Gasteiger partial charge on any atom is -0.375 e. The lowest BCUT2D eigenvalue weighted by Gasteiger charge is -2.26. The molecule has 1 aromatic rings. The summed E-state index contributed by atoms with van der Waals surface area (Å²) in [6.07, 6.45) is -1.96. The molecule has 0 aromatic heterocycles. The molecule has 0 unspecified atom stereocenters. The minimum atomic E-state index is -2.69. The third-order valence-corrected chi connectivity index (χ3v) is 4.30. The molecule has 134 valence electrons. The van der Waals surface area contributed by atoms with Gasteiger partial charge in [0.25, 0.3) is 6.43 Å². The van der Waals surface area contributed by atoms with Gasteiger partial charge in [0.2, 0.25) is 5.91 Å². The van der Waals surface area contributed by atoms with Gasteiger partial charge in [-0.3, -0.25) is 9.69 Å². The predicted octanol–water partition coefficient (Wildman–Crippen LogP) is 2.69. The Morgan fingerprint density at radius 1 is 1.38 bits per heavy atom. The highest BCUT2D eigenvalue weighted by Crippen LogP contribution is 2.24. The first-order valence-electron chi connectivity index (χ1n) is 8.34. The van der Waals surface area contributed by atoms with Gasteiger partial charge in [0.05, 0.1) is 6.10 Å². The summed E-state index contributed by atoms with van der Waals surface area (Å²) in [5, 5.41) is 2.62. The van der Waals surface area contributed by atoms with E-state index in [9.17, 15) is 13.6 Å². The van der Waals surface area contributed by atoms with Gasteiger partial charge in [0.1, 0.15) is 5.41 Å². The van der Waals surface area contributed by atoms with E-state index in [0.717, 1.165) is 19.5 Å². The Labute approximate surface area is 142 Å². The Morgan fingerprint density at radius 3 is 2.75 bits per heavy atom. The second-order valence-corrected chi connectivity index (χ2v) is 6.80. The number of nitrogens with one attached hydrogen (secondary N) is 1. The number of amides is 1. The molecule has 1 atom stereocenters. The number of halogens is 2. The smallest absolute Gasteiger partial charge is 0.252 e. The Morgan fingerprint density at radius 2 is 2.08 bits per heavy atom. The van der Waals surface area contributed by atoms with Gasteiger partial charge in [-0.2, -0.15) is 0 Å². The van der Waals surface area contributed by atoms with E-state index in [-0.39, 0.29) is 12.6 Å². The second kappa shape index (κ2) is 8.53. The molecule has 1 N–H and O–H groups in total. The number of hydrogen-bond acceptors (Lipinski definition) is 3. The summed E-state index contributed by atoms with van der Waals surface area (Å²) >= 11 is 0. The van der Waals surface area contributed by atoms with Gasteiger partial charge in [0.15, 0.2) is 0 Å². The van der Waals surface area contributed by atoms with Crippen molar-refractivity contribution in [2.75, 3.05) is 26.2 Å². The SMILES string of the molecule is CC(C)(C(=O)NC[C@@H]1CN(Cc2ccccc2)CCCO1)C(F)F. The number of rotatable bonds is 6. The Balaban J connectivity index is 1.87. The molecule has 6 heteroatoms. The first-order valence-corrected chi connectivity index (χ1v) is 8.34. The normalized spacial score (nSPS) is 20.0. The van der Waals surface area contributed by atoms with Crippen molar-refractivity contribution in [2.24, 2.45) is 5.41 Å². The van der Waals surface area contributed by atoms with Crippen LogP contribution in [0.4, 0.5) is 8.78 Å². The first kappa shape index (κ1) is 18.8. The van der Waals surface area contributed by atoms with Crippen LogP contribution in [0.1, 0.15) is 25.8 Å². The standard InChI is InChI=1S/C18H26F2N2O2/c1-18(2,16(19)20)17(23)21-11-15-13-22(9-6-10-24-15)12-14-7-4-3-5-8-14/h3-5,7-8,15-16H,6,9-13H2,1-2H3,(H,21,23)/t15-/m1/s1. The van der Waals surface area contributed by atoms with Crippen molar-refractivity contribution in [3.8, 4) is 0 Å². The quantitative estimate of drug-likeness (QED) is 0.866. The zero-order chi connectivity index (χ0) is 17.6. The molecule has 4 nitrogen and oxygen atoms in total. The zero-order valence-corrected chi connectivity index (χ0v) is 14.3. The maximum Gasteiger partial charge on any atom is 0.252 e.